The normalized spacial score (nSPS) is 14.3. The second-order valence-corrected chi connectivity index (χ2v) is 7.93. The number of carbonyl (C=O) groups excluding carboxylic acids is 1. The lowest BCUT2D eigenvalue weighted by Crippen LogP contribution is -2.53. The van der Waals surface area contributed by atoms with Gasteiger partial charge in [-0.25, -0.2) is 4.79 Å². The summed E-state index contributed by atoms with van der Waals surface area (Å²) in [6.07, 6.45) is 1.22. The molecule has 1 aliphatic carbocycles. The number of carbonyl (C=O) groups is 1. The van der Waals surface area contributed by atoms with Crippen LogP contribution in [-0.2, 0) is 17.6 Å². The molecule has 29 heavy (non-hydrogen) atoms. The summed E-state index contributed by atoms with van der Waals surface area (Å²) in [7, 11) is 3.26. The summed E-state index contributed by atoms with van der Waals surface area (Å²) in [5.74, 6) is 0.712. The molecular formula is C21H27N3O4S. The zero-order chi connectivity index (χ0) is 20.7. The summed E-state index contributed by atoms with van der Waals surface area (Å²) < 4.78 is 13.6. The molecule has 8 heteroatoms. The topological polar surface area (TPSA) is 91.9 Å². The summed E-state index contributed by atoms with van der Waals surface area (Å²) >= 11 is 1.41. The highest BCUT2D eigenvalue weighted by Crippen LogP contribution is 2.31. The summed E-state index contributed by atoms with van der Waals surface area (Å²) in [5, 5.41) is 15.8. The first-order valence-corrected chi connectivity index (χ1v) is 10.2. The van der Waals surface area contributed by atoms with Crippen molar-refractivity contribution >= 4 is 23.7 Å². The second-order valence-electron chi connectivity index (χ2n) is 6.99. The molecule has 4 N–H and O–H groups in total. The number of methoxy groups -OCH3 is 2. The van der Waals surface area contributed by atoms with Crippen molar-refractivity contribution in [1.29, 1.82) is 0 Å². The Balaban J connectivity index is 1.64. The van der Waals surface area contributed by atoms with Crippen LogP contribution in [0.2, 0.25) is 0 Å². The maximum atomic E-state index is 12.6. The molecule has 2 amide bonds. The molecule has 156 valence electrons. The lowest BCUT2D eigenvalue weighted by molar-refractivity contribution is 0.169. The number of aliphatic hydroxyl groups is 1. The van der Waals surface area contributed by atoms with Crippen molar-refractivity contribution < 1.29 is 19.4 Å². The molecular weight excluding hydrogens is 390 g/mol. The van der Waals surface area contributed by atoms with Crippen molar-refractivity contribution in [3.63, 3.8) is 0 Å². The van der Waals surface area contributed by atoms with Crippen LogP contribution < -0.4 is 20.1 Å². The number of aliphatic hydroxyl groups excluding tert-OH is 1. The first-order chi connectivity index (χ1) is 14.1. The van der Waals surface area contributed by atoms with Gasteiger partial charge in [0, 0.05) is 19.3 Å². The fourth-order valence-electron chi connectivity index (χ4n) is 3.44. The first-order valence-electron chi connectivity index (χ1n) is 9.42. The Morgan fingerprint density at radius 3 is 2.52 bits per heavy atom. The predicted octanol–water partition coefficient (Wildman–Crippen LogP) is 2.59. The lowest BCUT2D eigenvalue weighted by atomic mass is 9.97. The third-order valence-corrected chi connectivity index (χ3v) is 5.76. The molecule has 0 aromatic heterocycles. The van der Waals surface area contributed by atoms with Crippen LogP contribution in [0, 0.1) is 0 Å². The number of anilines is 1. The summed E-state index contributed by atoms with van der Waals surface area (Å²) in [6.45, 7) is 1.16. The number of hydrogen-bond donors (Lipinski definition) is 4. The van der Waals surface area contributed by atoms with Crippen LogP contribution in [0.1, 0.15) is 11.1 Å². The Hall–Kier alpha value is -2.26. The smallest absolute Gasteiger partial charge is 0.319 e. The molecule has 3 rings (SSSR count). The van der Waals surface area contributed by atoms with Crippen LogP contribution in [0.4, 0.5) is 10.5 Å². The monoisotopic (exact) mass is 417 g/mol. The van der Waals surface area contributed by atoms with Gasteiger partial charge in [-0.05, 0) is 54.1 Å². The van der Waals surface area contributed by atoms with E-state index in [2.05, 4.69) is 15.4 Å². The number of urea groups is 1. The first kappa shape index (κ1) is 21.4. The fraction of sp³-hybridized carbons (Fsp3) is 0.381. The average Bonchev–Trinajstić information content (AvgIpc) is 3.10. The minimum absolute atomic E-state index is 0.123. The van der Waals surface area contributed by atoms with Gasteiger partial charge in [0.2, 0.25) is 0 Å². The van der Waals surface area contributed by atoms with Crippen molar-refractivity contribution in [2.45, 2.75) is 23.3 Å². The van der Waals surface area contributed by atoms with E-state index < -0.39 is 5.54 Å². The molecule has 0 fully saturated rings. The zero-order valence-corrected chi connectivity index (χ0v) is 17.5. The maximum Gasteiger partial charge on any atom is 0.319 e. The van der Waals surface area contributed by atoms with Crippen molar-refractivity contribution in [3.8, 4) is 5.75 Å². The highest BCUT2D eigenvalue weighted by Gasteiger charge is 2.38. The van der Waals surface area contributed by atoms with Crippen LogP contribution in [0.25, 0.3) is 0 Å². The molecule has 0 saturated heterocycles. The van der Waals surface area contributed by atoms with Crippen LogP contribution in [0.3, 0.4) is 0 Å². The van der Waals surface area contributed by atoms with Crippen LogP contribution >= 0.6 is 11.9 Å². The Morgan fingerprint density at radius 1 is 1.17 bits per heavy atom. The van der Waals surface area contributed by atoms with E-state index in [9.17, 15) is 9.90 Å². The Bertz CT molecular complexity index is 821. The van der Waals surface area contributed by atoms with Gasteiger partial charge in [-0.3, -0.25) is 4.72 Å². The van der Waals surface area contributed by atoms with Crippen LogP contribution in [0.5, 0.6) is 5.75 Å². The van der Waals surface area contributed by atoms with Gasteiger partial charge in [-0.1, -0.05) is 24.3 Å². The van der Waals surface area contributed by atoms with E-state index in [1.54, 1.807) is 20.3 Å². The summed E-state index contributed by atoms with van der Waals surface area (Å²) in [4.78, 5) is 13.5. The Morgan fingerprint density at radius 2 is 1.90 bits per heavy atom. The van der Waals surface area contributed by atoms with Gasteiger partial charge in [-0.2, -0.15) is 0 Å². The Kier molecular flexibility index (Phi) is 7.38. The third kappa shape index (κ3) is 5.42. The van der Waals surface area contributed by atoms with E-state index in [0.717, 1.165) is 16.0 Å². The van der Waals surface area contributed by atoms with Gasteiger partial charge in [0.25, 0.3) is 0 Å². The second kappa shape index (κ2) is 9.98. The third-order valence-electron chi connectivity index (χ3n) is 4.87. The van der Waals surface area contributed by atoms with Crippen molar-refractivity contribution in [2.75, 3.05) is 39.3 Å². The molecule has 0 heterocycles. The quantitative estimate of drug-likeness (QED) is 0.370. The molecule has 2 aromatic rings. The number of nitrogens with one attached hydrogen (secondary N) is 3. The average molecular weight is 418 g/mol. The van der Waals surface area contributed by atoms with Gasteiger partial charge in [0.1, 0.15) is 5.75 Å². The van der Waals surface area contributed by atoms with Crippen molar-refractivity contribution in [1.82, 2.24) is 10.0 Å². The molecule has 1 aliphatic rings. The number of amides is 2. The maximum absolute atomic E-state index is 12.6. The largest absolute Gasteiger partial charge is 0.496 e. The SMILES string of the molecule is COCCNSc1cc(NC(=O)NC2(CO)Cc3ccccc3C2)ccc1OC. The lowest BCUT2D eigenvalue weighted by Gasteiger charge is -2.28. The molecule has 2 aromatic carbocycles. The van der Waals surface area contributed by atoms with Gasteiger partial charge in [0.05, 0.1) is 30.8 Å². The molecule has 0 aliphatic heterocycles. The van der Waals surface area contributed by atoms with E-state index in [4.69, 9.17) is 9.47 Å². The number of ether oxygens (including phenoxy) is 2. The summed E-state index contributed by atoms with van der Waals surface area (Å²) in [5.41, 5.74) is 2.28. The summed E-state index contributed by atoms with van der Waals surface area (Å²) in [6, 6.07) is 13.1. The van der Waals surface area contributed by atoms with E-state index in [1.165, 1.54) is 11.9 Å². The van der Waals surface area contributed by atoms with E-state index in [-0.39, 0.29) is 12.6 Å². The zero-order valence-electron chi connectivity index (χ0n) is 16.7. The molecule has 0 bridgehead atoms. The van der Waals surface area contributed by atoms with Gasteiger partial charge < -0.3 is 25.2 Å². The van der Waals surface area contributed by atoms with Gasteiger partial charge in [-0.15, -0.1) is 0 Å². The molecule has 0 unspecified atom stereocenters. The number of fused-ring (bicyclic) bond motifs is 1. The number of rotatable bonds is 9. The van der Waals surface area contributed by atoms with Gasteiger partial charge in [0.15, 0.2) is 0 Å². The molecule has 0 radical (unpaired) electrons. The fourth-order valence-corrected chi connectivity index (χ4v) is 4.22. The van der Waals surface area contributed by atoms with Gasteiger partial charge >= 0.3 is 6.03 Å². The minimum atomic E-state index is -0.681. The number of benzene rings is 2. The van der Waals surface area contributed by atoms with E-state index in [1.807, 2.05) is 36.4 Å². The molecule has 0 atom stereocenters. The highest BCUT2D eigenvalue weighted by molar-refractivity contribution is 7.97. The molecule has 0 saturated carbocycles. The number of hydrogen-bond acceptors (Lipinski definition) is 6. The van der Waals surface area contributed by atoms with Crippen LogP contribution in [0.15, 0.2) is 47.4 Å². The predicted molar refractivity (Wildman–Crippen MR) is 115 cm³/mol. The van der Waals surface area contributed by atoms with Crippen LogP contribution in [-0.4, -0.2) is 50.7 Å². The highest BCUT2D eigenvalue weighted by atomic mass is 32.2. The van der Waals surface area contributed by atoms with E-state index in [0.29, 0.717) is 37.4 Å². The van der Waals surface area contributed by atoms with Crippen molar-refractivity contribution in [3.05, 3.63) is 53.6 Å². The minimum Gasteiger partial charge on any atom is -0.496 e. The Labute approximate surface area is 175 Å². The van der Waals surface area contributed by atoms with E-state index >= 15 is 0 Å². The molecule has 0 spiro atoms. The van der Waals surface area contributed by atoms with Crippen molar-refractivity contribution in [2.24, 2.45) is 0 Å². The molecule has 7 nitrogen and oxygen atoms in total. The standard InChI is InChI=1S/C21H27N3O4S/c1-27-10-9-22-29-19-11-17(7-8-18(19)28-2)23-20(26)24-21(14-25)12-15-5-3-4-6-16(15)13-21/h3-8,11,22,25H,9-10,12-14H2,1-2H3,(H2,23,24,26).